The van der Waals surface area contributed by atoms with E-state index in [1.165, 1.54) is 52.3 Å². The Kier molecular flexibility index (Phi) is 6.24. The normalized spacial score (nSPS) is 11.1. The highest BCUT2D eigenvalue weighted by Gasteiger charge is 2.23. The van der Waals surface area contributed by atoms with E-state index < -0.39 is 18.5 Å². The van der Waals surface area contributed by atoms with Crippen molar-refractivity contribution in [2.45, 2.75) is 13.2 Å². The molecule has 1 N–H and O–H groups in total. The number of fused-ring (bicyclic) bond motifs is 2. The summed E-state index contributed by atoms with van der Waals surface area (Å²) in [7, 11) is 1.22. The molecule has 0 unspecified atom stereocenters. The minimum atomic E-state index is -3.12. The van der Waals surface area contributed by atoms with E-state index in [1.54, 1.807) is 24.4 Å². The van der Waals surface area contributed by atoms with E-state index in [0.29, 0.717) is 20.6 Å². The quantitative estimate of drug-likeness (QED) is 0.255. The fourth-order valence-corrected chi connectivity index (χ4v) is 4.58. The number of alkyl halides is 2. The van der Waals surface area contributed by atoms with Crippen molar-refractivity contribution in [2.75, 3.05) is 12.4 Å². The van der Waals surface area contributed by atoms with Crippen molar-refractivity contribution in [2.24, 2.45) is 0 Å². The van der Waals surface area contributed by atoms with Gasteiger partial charge in [0.15, 0.2) is 5.65 Å². The van der Waals surface area contributed by atoms with Crippen LogP contribution in [0.1, 0.15) is 15.2 Å². The Morgan fingerprint density at radius 1 is 1.30 bits per heavy atom. The van der Waals surface area contributed by atoms with Crippen LogP contribution < -0.4 is 10.1 Å². The number of aromatic nitrogens is 5. The molecule has 0 fully saturated rings. The minimum Gasteiger partial charge on any atom is -0.468 e. The van der Waals surface area contributed by atoms with Gasteiger partial charge in [0.25, 0.3) is 5.91 Å². The lowest BCUT2D eigenvalue weighted by Crippen LogP contribution is -2.13. The monoisotopic (exact) mass is 522 g/mol. The zero-order chi connectivity index (χ0) is 26.1. The highest BCUT2D eigenvalue weighted by Crippen LogP contribution is 2.40. The number of nitrogens with one attached hydrogen (secondary N) is 1. The van der Waals surface area contributed by atoms with Crippen molar-refractivity contribution in [3.63, 3.8) is 0 Å². The van der Waals surface area contributed by atoms with Crippen LogP contribution in [0.4, 0.5) is 14.5 Å². The van der Waals surface area contributed by atoms with Crippen molar-refractivity contribution < 1.29 is 27.8 Å². The van der Waals surface area contributed by atoms with Crippen LogP contribution in [-0.2, 0) is 16.1 Å². The third-order valence-corrected chi connectivity index (χ3v) is 6.31. The van der Waals surface area contributed by atoms with Gasteiger partial charge in [-0.25, -0.2) is 9.50 Å². The number of anilines is 1. The fraction of sp³-hybridized carbons (Fsp3) is 0.125. The summed E-state index contributed by atoms with van der Waals surface area (Å²) in [6.07, 6.45) is 11.4. The number of terminal acetylenes is 1. The summed E-state index contributed by atoms with van der Waals surface area (Å²) in [6.45, 7) is -3.41. The number of hydrogen-bond acceptors (Lipinski definition) is 8. The molecule has 0 saturated carbocycles. The van der Waals surface area contributed by atoms with Gasteiger partial charge in [-0.05, 0) is 29.7 Å². The molecule has 186 valence electrons. The second-order valence-electron chi connectivity index (χ2n) is 7.59. The summed E-state index contributed by atoms with van der Waals surface area (Å²) in [4.78, 5) is 29.8. The largest absolute Gasteiger partial charge is 0.468 e. The van der Waals surface area contributed by atoms with Gasteiger partial charge in [-0.15, -0.1) is 17.8 Å². The van der Waals surface area contributed by atoms with E-state index in [-0.39, 0.29) is 34.8 Å². The number of carbonyl (C=O) groups excluding carboxylic acids is 2. The first-order valence-corrected chi connectivity index (χ1v) is 11.4. The van der Waals surface area contributed by atoms with Crippen molar-refractivity contribution in [1.29, 1.82) is 0 Å². The Bertz CT molecular complexity index is 1700. The van der Waals surface area contributed by atoms with E-state index >= 15 is 0 Å². The van der Waals surface area contributed by atoms with Crippen LogP contribution in [0.15, 0.2) is 49.1 Å². The van der Waals surface area contributed by atoms with E-state index in [2.05, 4.69) is 26.4 Å². The summed E-state index contributed by atoms with van der Waals surface area (Å²) in [6, 6.07) is 6.36. The number of halogens is 2. The second-order valence-corrected chi connectivity index (χ2v) is 8.67. The minimum absolute atomic E-state index is 0.0925. The highest BCUT2D eigenvalue weighted by atomic mass is 32.1. The number of nitrogens with zero attached hydrogens (tertiary/aromatic N) is 5. The van der Waals surface area contributed by atoms with Gasteiger partial charge in [0.2, 0.25) is 0 Å². The molecule has 4 heterocycles. The Balaban J connectivity index is 1.63. The molecule has 10 nitrogen and oxygen atoms in total. The predicted octanol–water partition coefficient (Wildman–Crippen LogP) is 3.82. The number of ether oxygens (including phenoxy) is 2. The average molecular weight is 522 g/mol. The molecule has 4 aromatic heterocycles. The van der Waals surface area contributed by atoms with Crippen LogP contribution in [0.25, 0.3) is 27.0 Å². The third-order valence-electron chi connectivity index (χ3n) is 5.28. The lowest BCUT2D eigenvalue weighted by Gasteiger charge is -2.11. The van der Waals surface area contributed by atoms with Crippen molar-refractivity contribution >= 4 is 44.6 Å². The number of thiophene rings is 1. The lowest BCUT2D eigenvalue weighted by atomic mass is 10.1. The molecule has 1 aromatic carbocycles. The SMILES string of the molecule is C#Cc1cc2cc(OC(F)F)c(-c3nn(CC(=O)OC)cc3NC(=O)c3cnn4cccnc34)cc2s1. The zero-order valence-corrected chi connectivity index (χ0v) is 19.8. The number of carbonyl (C=O) groups is 2. The van der Waals surface area contributed by atoms with E-state index in [1.807, 2.05) is 0 Å². The van der Waals surface area contributed by atoms with E-state index in [0.717, 1.165) is 0 Å². The summed E-state index contributed by atoms with van der Waals surface area (Å²) in [5.74, 6) is 1.17. The van der Waals surface area contributed by atoms with E-state index in [9.17, 15) is 18.4 Å². The summed E-state index contributed by atoms with van der Waals surface area (Å²) < 4.78 is 39.5. The number of methoxy groups -OCH3 is 1. The van der Waals surface area contributed by atoms with Crippen molar-refractivity contribution in [1.82, 2.24) is 24.4 Å². The summed E-state index contributed by atoms with van der Waals surface area (Å²) in [5, 5.41) is 11.8. The van der Waals surface area contributed by atoms with Gasteiger partial charge in [-0.2, -0.15) is 19.0 Å². The van der Waals surface area contributed by atoms with Crippen molar-refractivity contribution in [3.8, 4) is 29.4 Å². The van der Waals surface area contributed by atoms with Crippen molar-refractivity contribution in [3.05, 3.63) is 59.5 Å². The standard InChI is InChI=1S/C24H16F2N6O4S/c1-3-14-7-13-8-18(36-24(25)26)15(9-19(13)37-14)21-17(11-31(30-21)12-20(33)35-2)29-23(34)16-10-28-32-6-4-5-27-22(16)32/h1,4-11,24H,12H2,2H3,(H,29,34). The maximum absolute atomic E-state index is 13.3. The highest BCUT2D eigenvalue weighted by molar-refractivity contribution is 7.19. The Labute approximate surface area is 211 Å². The maximum atomic E-state index is 13.3. The van der Waals surface area contributed by atoms with Crippen LogP contribution in [0.5, 0.6) is 5.75 Å². The van der Waals surface area contributed by atoms with Gasteiger partial charge in [0.05, 0.1) is 23.9 Å². The molecule has 1 amide bonds. The first-order valence-electron chi connectivity index (χ1n) is 10.6. The van der Waals surface area contributed by atoms with Crippen LogP contribution in [0.3, 0.4) is 0 Å². The number of benzene rings is 1. The molecule has 5 rings (SSSR count). The molecule has 5 aromatic rings. The third kappa shape index (κ3) is 4.69. The molecular formula is C24H16F2N6O4S. The van der Waals surface area contributed by atoms with Gasteiger partial charge in [0.1, 0.15) is 23.6 Å². The first kappa shape index (κ1) is 23.9. The molecule has 0 aliphatic heterocycles. The van der Waals surface area contributed by atoms with Gasteiger partial charge >= 0.3 is 12.6 Å². The first-order chi connectivity index (χ1) is 17.9. The Hall–Kier alpha value is -4.83. The number of rotatable bonds is 7. The average Bonchev–Trinajstić information content (AvgIpc) is 3.59. The van der Waals surface area contributed by atoms with Crippen LogP contribution >= 0.6 is 11.3 Å². The van der Waals surface area contributed by atoms with Gasteiger partial charge in [0, 0.05) is 28.9 Å². The molecule has 0 aliphatic carbocycles. The molecule has 0 aliphatic rings. The zero-order valence-electron chi connectivity index (χ0n) is 19.0. The molecule has 13 heteroatoms. The maximum Gasteiger partial charge on any atom is 0.387 e. The number of amides is 1. The molecule has 0 saturated heterocycles. The molecule has 37 heavy (non-hydrogen) atoms. The topological polar surface area (TPSA) is 113 Å². The summed E-state index contributed by atoms with van der Waals surface area (Å²) >= 11 is 1.28. The molecule has 0 radical (unpaired) electrons. The van der Waals surface area contributed by atoms with Crippen LogP contribution in [0, 0.1) is 12.3 Å². The van der Waals surface area contributed by atoms with Gasteiger partial charge in [-0.1, -0.05) is 5.92 Å². The molecule has 0 atom stereocenters. The van der Waals surface area contributed by atoms with Crippen LogP contribution in [-0.4, -0.2) is 50.0 Å². The predicted molar refractivity (Wildman–Crippen MR) is 131 cm³/mol. The Morgan fingerprint density at radius 3 is 2.89 bits per heavy atom. The Morgan fingerprint density at radius 2 is 2.14 bits per heavy atom. The molecule has 0 spiro atoms. The molecular weight excluding hydrogens is 506 g/mol. The van der Waals surface area contributed by atoms with E-state index in [4.69, 9.17) is 15.9 Å². The lowest BCUT2D eigenvalue weighted by molar-refractivity contribution is -0.141. The smallest absolute Gasteiger partial charge is 0.387 e. The van der Waals surface area contributed by atoms with Crippen LogP contribution in [0.2, 0.25) is 0 Å². The van der Waals surface area contributed by atoms with Gasteiger partial charge in [-0.3, -0.25) is 14.3 Å². The summed E-state index contributed by atoms with van der Waals surface area (Å²) in [5.41, 5.74) is 0.872. The number of hydrogen-bond donors (Lipinski definition) is 1. The fourth-order valence-electron chi connectivity index (χ4n) is 3.68. The van der Waals surface area contributed by atoms with Gasteiger partial charge < -0.3 is 14.8 Å². The molecule has 0 bridgehead atoms. The number of esters is 1. The second kappa shape index (κ2) is 9.67.